The summed E-state index contributed by atoms with van der Waals surface area (Å²) in [4.78, 5) is 14.0. The molecule has 1 aromatic carbocycles. The first-order valence-electron chi connectivity index (χ1n) is 7.45. The lowest BCUT2D eigenvalue weighted by Crippen LogP contribution is -2.39. The van der Waals surface area contributed by atoms with E-state index in [1.54, 1.807) is 24.1 Å². The number of likely N-dealkylation sites (N-methyl/N-ethyl adjacent to an activating group) is 1. The lowest BCUT2D eigenvalue weighted by Gasteiger charge is -2.28. The van der Waals surface area contributed by atoms with Gasteiger partial charge in [-0.05, 0) is 49.9 Å². The van der Waals surface area contributed by atoms with Gasteiger partial charge in [0, 0.05) is 19.0 Å². The van der Waals surface area contributed by atoms with Gasteiger partial charge in [0.1, 0.15) is 18.2 Å². The number of ether oxygens (including phenoxy) is 1. The Kier molecular flexibility index (Phi) is 5.56. The van der Waals surface area contributed by atoms with Crippen molar-refractivity contribution in [2.24, 2.45) is 11.7 Å². The molecular formula is C16H23FN2O2. The largest absolute Gasteiger partial charge is 0.492 e. The summed E-state index contributed by atoms with van der Waals surface area (Å²) in [5.74, 6) is 0.594. The minimum Gasteiger partial charge on any atom is -0.492 e. The highest BCUT2D eigenvalue weighted by Crippen LogP contribution is 2.24. The molecule has 4 nitrogen and oxygen atoms in total. The summed E-state index contributed by atoms with van der Waals surface area (Å²) >= 11 is 0. The van der Waals surface area contributed by atoms with Gasteiger partial charge in [-0.2, -0.15) is 0 Å². The summed E-state index contributed by atoms with van der Waals surface area (Å²) < 4.78 is 18.3. The van der Waals surface area contributed by atoms with Gasteiger partial charge >= 0.3 is 0 Å². The Morgan fingerprint density at radius 1 is 1.29 bits per heavy atom. The number of hydrogen-bond donors (Lipinski definition) is 1. The fourth-order valence-corrected chi connectivity index (χ4v) is 2.62. The number of carbonyl (C=O) groups is 1. The third-order valence-electron chi connectivity index (χ3n) is 4.01. The van der Waals surface area contributed by atoms with E-state index in [1.807, 2.05) is 0 Å². The molecule has 1 saturated carbocycles. The summed E-state index contributed by atoms with van der Waals surface area (Å²) in [5.41, 5.74) is 5.86. The van der Waals surface area contributed by atoms with Gasteiger partial charge in [-0.1, -0.05) is 0 Å². The fraction of sp³-hybridized carbons (Fsp3) is 0.562. The molecule has 1 aliphatic carbocycles. The van der Waals surface area contributed by atoms with Crippen molar-refractivity contribution in [1.29, 1.82) is 0 Å². The highest BCUT2D eigenvalue weighted by atomic mass is 19.1. The van der Waals surface area contributed by atoms with Crippen molar-refractivity contribution >= 4 is 5.91 Å². The second kappa shape index (κ2) is 7.41. The van der Waals surface area contributed by atoms with Crippen LogP contribution in [0.3, 0.4) is 0 Å². The van der Waals surface area contributed by atoms with Crippen molar-refractivity contribution in [2.75, 3.05) is 20.2 Å². The van der Waals surface area contributed by atoms with E-state index < -0.39 is 0 Å². The molecule has 1 aromatic rings. The number of carbonyl (C=O) groups excluding carboxylic acids is 1. The summed E-state index contributed by atoms with van der Waals surface area (Å²) in [6.07, 6.45) is 3.61. The number of rotatable bonds is 5. The van der Waals surface area contributed by atoms with Crippen molar-refractivity contribution in [3.8, 4) is 5.75 Å². The number of amides is 1. The Bertz CT molecular complexity index is 456. The summed E-state index contributed by atoms with van der Waals surface area (Å²) in [6.45, 7) is 0.929. The van der Waals surface area contributed by atoms with E-state index in [0.717, 1.165) is 25.7 Å². The maximum absolute atomic E-state index is 12.8. The van der Waals surface area contributed by atoms with E-state index in [1.165, 1.54) is 12.1 Å². The molecule has 0 heterocycles. The summed E-state index contributed by atoms with van der Waals surface area (Å²) in [5, 5.41) is 0. The van der Waals surface area contributed by atoms with Crippen LogP contribution in [-0.2, 0) is 4.79 Å². The van der Waals surface area contributed by atoms with Crippen molar-refractivity contribution < 1.29 is 13.9 Å². The molecule has 1 amide bonds. The lowest BCUT2D eigenvalue weighted by atomic mass is 9.85. The van der Waals surface area contributed by atoms with Gasteiger partial charge in [0.2, 0.25) is 5.91 Å². The van der Waals surface area contributed by atoms with Gasteiger partial charge < -0.3 is 15.4 Å². The smallest absolute Gasteiger partial charge is 0.225 e. The second-order valence-electron chi connectivity index (χ2n) is 5.67. The zero-order valence-corrected chi connectivity index (χ0v) is 12.4. The molecule has 0 spiro atoms. The van der Waals surface area contributed by atoms with Crippen LogP contribution in [0.2, 0.25) is 0 Å². The Morgan fingerprint density at radius 3 is 2.52 bits per heavy atom. The Morgan fingerprint density at radius 2 is 1.90 bits per heavy atom. The summed E-state index contributed by atoms with van der Waals surface area (Å²) in [6, 6.07) is 6.13. The molecule has 2 N–H and O–H groups in total. The number of benzene rings is 1. The molecule has 21 heavy (non-hydrogen) atoms. The van der Waals surface area contributed by atoms with Crippen molar-refractivity contribution in [1.82, 2.24) is 4.90 Å². The molecule has 0 radical (unpaired) electrons. The first kappa shape index (κ1) is 15.8. The first-order valence-corrected chi connectivity index (χ1v) is 7.45. The van der Waals surface area contributed by atoms with Gasteiger partial charge in [-0.3, -0.25) is 4.79 Å². The molecule has 116 valence electrons. The molecule has 0 aliphatic heterocycles. The quantitative estimate of drug-likeness (QED) is 0.905. The van der Waals surface area contributed by atoms with Gasteiger partial charge in [0.05, 0.1) is 6.54 Å². The van der Waals surface area contributed by atoms with Crippen LogP contribution in [0, 0.1) is 11.7 Å². The second-order valence-corrected chi connectivity index (χ2v) is 5.67. The average molecular weight is 294 g/mol. The monoisotopic (exact) mass is 294 g/mol. The summed E-state index contributed by atoms with van der Waals surface area (Å²) in [7, 11) is 1.80. The average Bonchev–Trinajstić information content (AvgIpc) is 2.49. The molecule has 1 fully saturated rings. The topological polar surface area (TPSA) is 55.6 Å². The fourth-order valence-electron chi connectivity index (χ4n) is 2.62. The number of hydrogen-bond acceptors (Lipinski definition) is 3. The van der Waals surface area contributed by atoms with Gasteiger partial charge in [-0.25, -0.2) is 4.39 Å². The highest BCUT2D eigenvalue weighted by molar-refractivity contribution is 5.78. The predicted molar refractivity (Wildman–Crippen MR) is 79.5 cm³/mol. The molecule has 0 bridgehead atoms. The number of nitrogens with two attached hydrogens (primary N) is 1. The Hall–Kier alpha value is -1.62. The van der Waals surface area contributed by atoms with Crippen LogP contribution in [0.25, 0.3) is 0 Å². The van der Waals surface area contributed by atoms with Gasteiger partial charge in [0.15, 0.2) is 0 Å². The highest BCUT2D eigenvalue weighted by Gasteiger charge is 2.26. The minimum absolute atomic E-state index is 0.0978. The molecule has 5 heteroatoms. The van der Waals surface area contributed by atoms with Crippen molar-refractivity contribution in [3.05, 3.63) is 30.1 Å². The first-order chi connectivity index (χ1) is 10.1. The van der Waals surface area contributed by atoms with Crippen LogP contribution in [0.1, 0.15) is 25.7 Å². The van der Waals surface area contributed by atoms with E-state index in [2.05, 4.69) is 0 Å². The Labute approximate surface area is 125 Å². The van der Waals surface area contributed by atoms with E-state index in [0.29, 0.717) is 18.9 Å². The zero-order chi connectivity index (χ0) is 15.2. The van der Waals surface area contributed by atoms with Gasteiger partial charge in [-0.15, -0.1) is 0 Å². The van der Waals surface area contributed by atoms with Crippen LogP contribution in [0.5, 0.6) is 5.75 Å². The maximum atomic E-state index is 12.8. The molecule has 2 rings (SSSR count). The van der Waals surface area contributed by atoms with E-state index in [9.17, 15) is 9.18 Å². The standard InChI is InChI=1S/C16H23FN2O2/c1-19(16(20)12-2-6-14(18)7-3-12)10-11-21-15-8-4-13(17)5-9-15/h4-5,8-9,12,14H,2-3,6-7,10-11,18H2,1H3. The Balaban J connectivity index is 1.72. The maximum Gasteiger partial charge on any atom is 0.225 e. The molecule has 0 atom stereocenters. The minimum atomic E-state index is -0.287. The van der Waals surface area contributed by atoms with E-state index in [-0.39, 0.29) is 23.7 Å². The lowest BCUT2D eigenvalue weighted by molar-refractivity contribution is -0.135. The molecule has 0 aromatic heterocycles. The van der Waals surface area contributed by atoms with Gasteiger partial charge in [0.25, 0.3) is 0 Å². The van der Waals surface area contributed by atoms with Crippen molar-refractivity contribution in [3.63, 3.8) is 0 Å². The van der Waals surface area contributed by atoms with Crippen LogP contribution in [-0.4, -0.2) is 37.0 Å². The third kappa shape index (κ3) is 4.70. The molecular weight excluding hydrogens is 271 g/mol. The van der Waals surface area contributed by atoms with Crippen LogP contribution in [0.15, 0.2) is 24.3 Å². The van der Waals surface area contributed by atoms with Crippen LogP contribution >= 0.6 is 0 Å². The van der Waals surface area contributed by atoms with Crippen LogP contribution in [0.4, 0.5) is 4.39 Å². The third-order valence-corrected chi connectivity index (χ3v) is 4.01. The molecule has 0 unspecified atom stereocenters. The molecule has 0 saturated heterocycles. The predicted octanol–water partition coefficient (Wildman–Crippen LogP) is 2.18. The normalized spacial score (nSPS) is 21.9. The number of halogens is 1. The van der Waals surface area contributed by atoms with E-state index >= 15 is 0 Å². The van der Waals surface area contributed by atoms with Crippen molar-refractivity contribution in [2.45, 2.75) is 31.7 Å². The van der Waals surface area contributed by atoms with Crippen LogP contribution < -0.4 is 10.5 Å². The SMILES string of the molecule is CN(CCOc1ccc(F)cc1)C(=O)C1CCC(N)CC1. The van der Waals surface area contributed by atoms with E-state index in [4.69, 9.17) is 10.5 Å². The zero-order valence-electron chi connectivity index (χ0n) is 12.4. The number of nitrogens with zero attached hydrogens (tertiary/aromatic N) is 1. The molecule has 1 aliphatic rings.